The van der Waals surface area contributed by atoms with Crippen LogP contribution >= 0.6 is 35.4 Å². The number of anilines is 2. The van der Waals surface area contributed by atoms with E-state index in [1.165, 1.54) is 6.42 Å². The van der Waals surface area contributed by atoms with Crippen molar-refractivity contribution in [1.29, 1.82) is 0 Å². The molecular formula is C32H32Cl2N4OS. The molecule has 0 saturated carbocycles. The molecule has 4 unspecified atom stereocenters. The first-order valence-corrected chi connectivity index (χ1v) is 14.9. The Kier molecular flexibility index (Phi) is 7.51. The zero-order chi connectivity index (χ0) is 28.0. The molecule has 6 rings (SSSR count). The van der Waals surface area contributed by atoms with Crippen LogP contribution in [-0.2, 0) is 0 Å². The van der Waals surface area contributed by atoms with Crippen LogP contribution in [0.5, 0.6) is 0 Å². The predicted octanol–water partition coefficient (Wildman–Crippen LogP) is 8.62. The summed E-state index contributed by atoms with van der Waals surface area (Å²) in [6.07, 6.45) is 3.05. The van der Waals surface area contributed by atoms with E-state index in [-0.39, 0.29) is 12.1 Å². The van der Waals surface area contributed by atoms with Crippen LogP contribution in [0.3, 0.4) is 0 Å². The number of hydrogen-bond donors (Lipinski definition) is 1. The standard InChI is InChI=1S/C32H32Cl2N4OS/c1-19-15-20(2)18-37(17-19)27-11-10-22(16-25(27)34)38-31(30(36-32(38)40)26-9-4-5-14-35-26)29-13-12-28(39-29)23-7-6-8-24(33)21(23)3/h4-14,16,19-20,30-31H,15,17-18H2,1-3H3,(H,36,40). The first-order chi connectivity index (χ1) is 19.3. The zero-order valence-corrected chi connectivity index (χ0v) is 25.1. The molecule has 40 heavy (non-hydrogen) atoms. The lowest BCUT2D eigenvalue weighted by Gasteiger charge is -2.37. The summed E-state index contributed by atoms with van der Waals surface area (Å²) in [5, 5.41) is 5.53. The highest BCUT2D eigenvalue weighted by molar-refractivity contribution is 7.80. The van der Waals surface area contributed by atoms with Crippen molar-refractivity contribution in [3.8, 4) is 11.3 Å². The van der Waals surface area contributed by atoms with Gasteiger partial charge >= 0.3 is 0 Å². The molecule has 0 radical (unpaired) electrons. The van der Waals surface area contributed by atoms with E-state index < -0.39 is 0 Å². The SMILES string of the molecule is Cc1c(Cl)cccc1-c1ccc(C2C(c3ccccn3)NC(=S)N2c2ccc(N3CC(C)CC(C)C3)c(Cl)c2)o1. The summed E-state index contributed by atoms with van der Waals surface area (Å²) in [7, 11) is 0. The van der Waals surface area contributed by atoms with Gasteiger partial charge in [-0.25, -0.2) is 0 Å². The maximum Gasteiger partial charge on any atom is 0.174 e. The van der Waals surface area contributed by atoms with Crippen LogP contribution in [-0.4, -0.2) is 23.2 Å². The van der Waals surface area contributed by atoms with Crippen molar-refractivity contribution in [3.05, 3.63) is 100.0 Å². The lowest BCUT2D eigenvalue weighted by atomic mass is 9.91. The van der Waals surface area contributed by atoms with Crippen molar-refractivity contribution < 1.29 is 4.42 Å². The summed E-state index contributed by atoms with van der Waals surface area (Å²) in [5.41, 5.74) is 4.80. The number of nitrogens with zero attached hydrogens (tertiary/aromatic N) is 3. The van der Waals surface area contributed by atoms with Gasteiger partial charge in [-0.15, -0.1) is 0 Å². The Balaban J connectivity index is 1.40. The van der Waals surface area contributed by atoms with Crippen LogP contribution in [0, 0.1) is 18.8 Å². The third kappa shape index (κ3) is 5.09. The summed E-state index contributed by atoms with van der Waals surface area (Å²) in [5.74, 6) is 2.80. The molecule has 4 heterocycles. The van der Waals surface area contributed by atoms with Gasteiger partial charge < -0.3 is 19.5 Å². The number of aromatic nitrogens is 1. The fourth-order valence-electron chi connectivity index (χ4n) is 6.21. The van der Waals surface area contributed by atoms with Crippen LogP contribution in [0.2, 0.25) is 10.0 Å². The highest BCUT2D eigenvalue weighted by Gasteiger charge is 2.43. The molecule has 2 aromatic carbocycles. The third-order valence-electron chi connectivity index (χ3n) is 7.97. The van der Waals surface area contributed by atoms with E-state index in [0.29, 0.717) is 22.0 Å². The summed E-state index contributed by atoms with van der Waals surface area (Å²) >= 11 is 19.3. The Labute approximate surface area is 251 Å². The minimum Gasteiger partial charge on any atom is -0.459 e. The van der Waals surface area contributed by atoms with Crippen LogP contribution in [0.25, 0.3) is 11.3 Å². The molecule has 2 aromatic heterocycles. The highest BCUT2D eigenvalue weighted by Crippen LogP contribution is 2.45. The van der Waals surface area contributed by atoms with Crippen LogP contribution < -0.4 is 15.1 Å². The first kappa shape index (κ1) is 27.1. The van der Waals surface area contributed by atoms with Crippen molar-refractivity contribution in [2.45, 2.75) is 39.3 Å². The van der Waals surface area contributed by atoms with E-state index in [4.69, 9.17) is 39.8 Å². The van der Waals surface area contributed by atoms with E-state index in [1.54, 1.807) is 6.20 Å². The van der Waals surface area contributed by atoms with Crippen LogP contribution in [0.4, 0.5) is 11.4 Å². The molecule has 0 aliphatic carbocycles. The van der Waals surface area contributed by atoms with Gasteiger partial charge in [0.2, 0.25) is 0 Å². The van der Waals surface area contributed by atoms with Crippen molar-refractivity contribution in [1.82, 2.24) is 10.3 Å². The van der Waals surface area contributed by atoms with E-state index >= 15 is 0 Å². The maximum absolute atomic E-state index is 6.97. The van der Waals surface area contributed by atoms with E-state index in [2.05, 4.69) is 46.1 Å². The summed E-state index contributed by atoms with van der Waals surface area (Å²) in [6.45, 7) is 8.64. The Bertz CT molecular complexity index is 1530. The van der Waals surface area contributed by atoms with Gasteiger partial charge in [0.05, 0.1) is 22.4 Å². The van der Waals surface area contributed by atoms with Crippen LogP contribution in [0.15, 0.2) is 77.3 Å². The van der Waals surface area contributed by atoms with Gasteiger partial charge in [0.15, 0.2) is 5.11 Å². The van der Waals surface area contributed by atoms with Gasteiger partial charge in [-0.1, -0.05) is 55.2 Å². The molecule has 0 amide bonds. The lowest BCUT2D eigenvalue weighted by molar-refractivity contribution is 0.357. The second kappa shape index (κ2) is 11.1. The van der Waals surface area contributed by atoms with E-state index in [1.807, 2.05) is 61.5 Å². The molecule has 5 nitrogen and oxygen atoms in total. The Morgan fingerprint density at radius 3 is 2.48 bits per heavy atom. The number of furan rings is 1. The number of halogens is 2. The van der Waals surface area contributed by atoms with E-state index in [9.17, 15) is 0 Å². The van der Waals surface area contributed by atoms with Crippen molar-refractivity contribution in [2.75, 3.05) is 22.9 Å². The summed E-state index contributed by atoms with van der Waals surface area (Å²) in [4.78, 5) is 9.16. The number of rotatable bonds is 5. The Morgan fingerprint density at radius 2 is 1.75 bits per heavy atom. The zero-order valence-electron chi connectivity index (χ0n) is 22.8. The Hall–Kier alpha value is -3.06. The normalized spacial score (nSPS) is 23.0. The minimum absolute atomic E-state index is 0.213. The molecule has 0 spiro atoms. The third-order valence-corrected chi connectivity index (χ3v) is 9.00. The van der Waals surface area contributed by atoms with Crippen molar-refractivity contribution in [2.24, 2.45) is 11.8 Å². The van der Waals surface area contributed by atoms with Gasteiger partial charge in [-0.2, -0.15) is 0 Å². The number of benzene rings is 2. The maximum atomic E-state index is 6.97. The number of hydrogen-bond acceptors (Lipinski definition) is 4. The second-order valence-corrected chi connectivity index (χ2v) is 12.3. The molecule has 8 heteroatoms. The van der Waals surface area contributed by atoms with E-state index in [0.717, 1.165) is 57.8 Å². The van der Waals surface area contributed by atoms with Crippen molar-refractivity contribution >= 4 is 51.9 Å². The Morgan fingerprint density at radius 1 is 0.950 bits per heavy atom. The average molecular weight is 592 g/mol. The molecule has 4 atom stereocenters. The molecule has 0 bridgehead atoms. The number of piperidine rings is 1. The van der Waals surface area contributed by atoms with Gasteiger partial charge in [0.1, 0.15) is 17.6 Å². The number of nitrogens with one attached hydrogen (secondary N) is 1. The number of pyridine rings is 1. The monoisotopic (exact) mass is 590 g/mol. The molecule has 2 aliphatic rings. The largest absolute Gasteiger partial charge is 0.459 e. The molecular weight excluding hydrogens is 559 g/mol. The smallest absolute Gasteiger partial charge is 0.174 e. The molecule has 2 aliphatic heterocycles. The fourth-order valence-corrected chi connectivity index (χ4v) is 7.03. The molecule has 1 N–H and O–H groups in total. The van der Waals surface area contributed by atoms with Gasteiger partial charge in [0, 0.05) is 35.6 Å². The first-order valence-electron chi connectivity index (χ1n) is 13.7. The lowest BCUT2D eigenvalue weighted by Crippen LogP contribution is -2.38. The predicted molar refractivity (Wildman–Crippen MR) is 168 cm³/mol. The van der Waals surface area contributed by atoms with Gasteiger partial charge in [0.25, 0.3) is 0 Å². The minimum atomic E-state index is -0.271. The summed E-state index contributed by atoms with van der Waals surface area (Å²) in [6, 6.07) is 21.6. The fraction of sp³-hybridized carbons (Fsp3) is 0.312. The van der Waals surface area contributed by atoms with Crippen molar-refractivity contribution in [3.63, 3.8) is 0 Å². The molecule has 4 aromatic rings. The molecule has 2 fully saturated rings. The number of thiocarbonyl (C=S) groups is 1. The topological polar surface area (TPSA) is 44.5 Å². The highest BCUT2D eigenvalue weighted by atomic mass is 35.5. The quantitative estimate of drug-likeness (QED) is 0.235. The van der Waals surface area contributed by atoms with Gasteiger partial charge in [-0.05, 0) is 91.5 Å². The second-order valence-electron chi connectivity index (χ2n) is 11.1. The summed E-state index contributed by atoms with van der Waals surface area (Å²) < 4.78 is 6.55. The average Bonchev–Trinajstić information content (AvgIpc) is 3.54. The molecule has 206 valence electrons. The van der Waals surface area contributed by atoms with Gasteiger partial charge in [-0.3, -0.25) is 4.98 Å². The molecule has 2 saturated heterocycles. The van der Waals surface area contributed by atoms with Crippen LogP contribution in [0.1, 0.15) is 49.4 Å².